The Balaban J connectivity index is 1.32. The summed E-state index contributed by atoms with van der Waals surface area (Å²) in [6.45, 7) is 4.04. The third-order valence-electron chi connectivity index (χ3n) is 7.41. The van der Waals surface area contributed by atoms with Gasteiger partial charge in [0.05, 0.1) is 12.7 Å². The summed E-state index contributed by atoms with van der Waals surface area (Å²) in [5.74, 6) is -1.74. The van der Waals surface area contributed by atoms with E-state index in [0.29, 0.717) is 6.42 Å². The zero-order chi connectivity index (χ0) is 29.2. The van der Waals surface area contributed by atoms with Crippen LogP contribution in [0.2, 0.25) is 0 Å². The molecule has 0 unspecified atom stereocenters. The number of ether oxygens (including phenoxy) is 2. The Morgan fingerprint density at radius 1 is 0.878 bits per heavy atom. The lowest BCUT2D eigenvalue weighted by molar-refractivity contribution is -0.146. The zero-order valence-corrected chi connectivity index (χ0v) is 23.5. The molecule has 0 saturated heterocycles. The van der Waals surface area contributed by atoms with Crippen molar-refractivity contribution in [2.24, 2.45) is 0 Å². The number of alkyl carbamates (subject to hydrolysis) is 1. The molecule has 8 heteroatoms. The smallest absolute Gasteiger partial charge is 0.407 e. The first kappa shape index (κ1) is 29.8. The van der Waals surface area contributed by atoms with Gasteiger partial charge >= 0.3 is 12.1 Å². The molecular formula is C33H38N2O6. The van der Waals surface area contributed by atoms with E-state index in [1.54, 1.807) is 6.92 Å². The van der Waals surface area contributed by atoms with E-state index in [9.17, 15) is 19.5 Å². The van der Waals surface area contributed by atoms with E-state index in [1.165, 1.54) is 0 Å². The van der Waals surface area contributed by atoms with Crippen molar-refractivity contribution in [2.75, 3.05) is 6.61 Å². The second-order valence-corrected chi connectivity index (χ2v) is 10.4. The van der Waals surface area contributed by atoms with Gasteiger partial charge in [0.15, 0.2) is 6.04 Å². The maximum atomic E-state index is 12.9. The quantitative estimate of drug-likeness (QED) is 0.236. The van der Waals surface area contributed by atoms with Gasteiger partial charge in [0.25, 0.3) is 0 Å². The molecule has 3 aromatic carbocycles. The van der Waals surface area contributed by atoms with Crippen molar-refractivity contribution in [3.63, 3.8) is 0 Å². The molecule has 0 spiro atoms. The van der Waals surface area contributed by atoms with Crippen molar-refractivity contribution in [1.29, 1.82) is 0 Å². The highest BCUT2D eigenvalue weighted by atomic mass is 16.5. The minimum atomic E-state index is -1.23. The minimum Gasteiger partial charge on any atom is -0.480 e. The number of carboxylic acids is 1. The molecule has 0 aromatic heterocycles. The predicted molar refractivity (Wildman–Crippen MR) is 156 cm³/mol. The van der Waals surface area contributed by atoms with Crippen LogP contribution in [-0.2, 0) is 25.7 Å². The molecule has 3 N–H and O–H groups in total. The number of carboxylic acid groups (broad SMARTS) is 1. The van der Waals surface area contributed by atoms with Crippen molar-refractivity contribution < 1.29 is 29.0 Å². The summed E-state index contributed by atoms with van der Waals surface area (Å²) in [7, 11) is 0. The van der Waals surface area contributed by atoms with Gasteiger partial charge in [0.2, 0.25) is 5.91 Å². The van der Waals surface area contributed by atoms with Crippen LogP contribution in [0.15, 0.2) is 78.9 Å². The van der Waals surface area contributed by atoms with Crippen molar-refractivity contribution in [1.82, 2.24) is 10.6 Å². The van der Waals surface area contributed by atoms with Crippen LogP contribution in [0.4, 0.5) is 4.79 Å². The fourth-order valence-corrected chi connectivity index (χ4v) is 5.22. The highest BCUT2D eigenvalue weighted by Crippen LogP contribution is 2.44. The summed E-state index contributed by atoms with van der Waals surface area (Å²) < 4.78 is 11.4. The lowest BCUT2D eigenvalue weighted by Gasteiger charge is -2.24. The Hall–Kier alpha value is -4.17. The van der Waals surface area contributed by atoms with Gasteiger partial charge in [0.1, 0.15) is 6.61 Å². The third-order valence-corrected chi connectivity index (χ3v) is 7.41. The number of fused-ring (bicyclic) bond motifs is 3. The first-order chi connectivity index (χ1) is 19.9. The Morgan fingerprint density at radius 3 is 2.10 bits per heavy atom. The number of hydrogen-bond acceptors (Lipinski definition) is 5. The molecule has 216 valence electrons. The van der Waals surface area contributed by atoms with Crippen molar-refractivity contribution in [3.05, 3.63) is 95.6 Å². The maximum Gasteiger partial charge on any atom is 0.407 e. The van der Waals surface area contributed by atoms with Gasteiger partial charge < -0.3 is 25.2 Å². The lowest BCUT2D eigenvalue weighted by atomic mass is 9.98. The fraction of sp³-hybridized carbons (Fsp3) is 0.364. The normalized spacial score (nSPS) is 14.3. The molecule has 1 aliphatic rings. The summed E-state index contributed by atoms with van der Waals surface area (Å²) >= 11 is 0. The van der Waals surface area contributed by atoms with Gasteiger partial charge in [-0.1, -0.05) is 98.6 Å². The molecule has 1 aliphatic carbocycles. The van der Waals surface area contributed by atoms with E-state index in [4.69, 9.17) is 9.47 Å². The predicted octanol–water partition coefficient (Wildman–Crippen LogP) is 5.65. The number of benzene rings is 3. The molecule has 4 rings (SSSR count). The standard InChI is InChI=1S/C33H38N2O6/c1-3-4-14-24(19-30(36)35-31(32(37)38)22(2)40-20-23-12-6-5-7-13-23)34-33(39)41-21-29-27-17-10-8-15-25(27)26-16-9-11-18-28(26)29/h5-13,15-18,22,24,29,31H,3-4,14,19-21H2,1-2H3,(H,34,39)(H,35,36)(H,37,38)/t22-,24-,31+/m1/s1. The summed E-state index contributed by atoms with van der Waals surface area (Å²) in [4.78, 5) is 37.7. The summed E-state index contributed by atoms with van der Waals surface area (Å²) in [6, 6.07) is 23.9. The molecule has 0 radical (unpaired) electrons. The fourth-order valence-electron chi connectivity index (χ4n) is 5.22. The average molecular weight is 559 g/mol. The average Bonchev–Trinajstić information content (AvgIpc) is 3.30. The van der Waals surface area contributed by atoms with Crippen molar-refractivity contribution >= 4 is 18.0 Å². The maximum absolute atomic E-state index is 12.9. The van der Waals surface area contributed by atoms with Crippen molar-refractivity contribution in [2.45, 2.75) is 70.2 Å². The largest absolute Gasteiger partial charge is 0.480 e. The molecule has 0 heterocycles. The van der Waals surface area contributed by atoms with E-state index in [2.05, 4.69) is 34.9 Å². The van der Waals surface area contributed by atoms with Crippen LogP contribution in [0.3, 0.4) is 0 Å². The third kappa shape index (κ3) is 7.95. The van der Waals surface area contributed by atoms with Crippen molar-refractivity contribution in [3.8, 4) is 11.1 Å². The number of unbranched alkanes of at least 4 members (excludes halogenated alkanes) is 1. The molecule has 8 nitrogen and oxygen atoms in total. The second-order valence-electron chi connectivity index (χ2n) is 10.4. The summed E-state index contributed by atoms with van der Waals surface area (Å²) in [5.41, 5.74) is 5.43. The molecule has 3 atom stereocenters. The van der Waals surface area contributed by atoms with Gasteiger partial charge in [0, 0.05) is 18.4 Å². The molecule has 3 aromatic rings. The highest BCUT2D eigenvalue weighted by Gasteiger charge is 2.30. The van der Waals surface area contributed by atoms with Crippen LogP contribution in [0.1, 0.15) is 62.1 Å². The van der Waals surface area contributed by atoms with Crippen LogP contribution in [0.25, 0.3) is 11.1 Å². The van der Waals surface area contributed by atoms with E-state index < -0.39 is 36.2 Å². The van der Waals surface area contributed by atoms with Gasteiger partial charge in [-0.05, 0) is 41.2 Å². The Bertz CT molecular complexity index is 1280. The molecule has 0 aliphatic heterocycles. The molecular weight excluding hydrogens is 520 g/mol. The van der Waals surface area contributed by atoms with Gasteiger partial charge in [-0.2, -0.15) is 0 Å². The first-order valence-corrected chi connectivity index (χ1v) is 14.2. The highest BCUT2D eigenvalue weighted by molar-refractivity contribution is 5.84. The Kier molecular flexibility index (Phi) is 10.5. The van der Waals surface area contributed by atoms with E-state index in [-0.39, 0.29) is 25.6 Å². The van der Waals surface area contributed by atoms with Gasteiger partial charge in [-0.25, -0.2) is 9.59 Å². The number of carbonyl (C=O) groups is 3. The molecule has 0 fully saturated rings. The SMILES string of the molecule is CCCC[C@H](CC(=O)N[C@H](C(=O)O)[C@@H](C)OCc1ccccc1)NC(=O)OCC1c2ccccc2-c2ccccc21. The number of nitrogens with one attached hydrogen (secondary N) is 2. The first-order valence-electron chi connectivity index (χ1n) is 14.2. The number of carbonyl (C=O) groups excluding carboxylic acids is 2. The van der Waals surface area contributed by atoms with Crippen LogP contribution in [-0.4, -0.2) is 47.9 Å². The van der Waals surface area contributed by atoms with E-state index in [1.807, 2.05) is 61.5 Å². The monoisotopic (exact) mass is 558 g/mol. The number of aliphatic carboxylic acids is 1. The van der Waals surface area contributed by atoms with E-state index in [0.717, 1.165) is 40.7 Å². The number of amides is 2. The molecule has 41 heavy (non-hydrogen) atoms. The number of hydrogen-bond donors (Lipinski definition) is 3. The molecule has 2 amide bonds. The molecule has 0 bridgehead atoms. The van der Waals surface area contributed by atoms with Crippen LogP contribution < -0.4 is 10.6 Å². The number of rotatable bonds is 14. The summed E-state index contributed by atoms with van der Waals surface area (Å²) in [5, 5.41) is 15.1. The van der Waals surface area contributed by atoms with Gasteiger partial charge in [-0.15, -0.1) is 0 Å². The zero-order valence-electron chi connectivity index (χ0n) is 23.5. The second kappa shape index (κ2) is 14.5. The topological polar surface area (TPSA) is 114 Å². The van der Waals surface area contributed by atoms with E-state index >= 15 is 0 Å². The van der Waals surface area contributed by atoms with Crippen LogP contribution in [0.5, 0.6) is 0 Å². The summed E-state index contributed by atoms with van der Waals surface area (Å²) in [6.07, 6.45) is 0.800. The Labute approximate surface area is 241 Å². The van der Waals surface area contributed by atoms with Crippen LogP contribution in [0, 0.1) is 0 Å². The lowest BCUT2D eigenvalue weighted by Crippen LogP contribution is -2.50. The molecule has 0 saturated carbocycles. The Morgan fingerprint density at radius 2 is 1.49 bits per heavy atom. The van der Waals surface area contributed by atoms with Crippen LogP contribution >= 0.6 is 0 Å². The minimum absolute atomic E-state index is 0.0701. The van der Waals surface area contributed by atoms with Gasteiger partial charge in [-0.3, -0.25) is 4.79 Å².